The van der Waals surface area contributed by atoms with Crippen molar-refractivity contribution in [1.29, 1.82) is 0 Å². The Hall–Kier alpha value is -0.950. The van der Waals surface area contributed by atoms with Crippen molar-refractivity contribution in [3.63, 3.8) is 0 Å². The van der Waals surface area contributed by atoms with Crippen molar-refractivity contribution in [2.45, 2.75) is 23.0 Å². The molecule has 0 amide bonds. The summed E-state index contributed by atoms with van der Waals surface area (Å²) in [6.07, 6.45) is 4.44. The molecule has 0 aromatic carbocycles. The van der Waals surface area contributed by atoms with Crippen LogP contribution in [0, 0.1) is 0 Å². The fourth-order valence-electron chi connectivity index (χ4n) is 1.64. The molecule has 17 heavy (non-hydrogen) atoms. The van der Waals surface area contributed by atoms with Gasteiger partial charge in [-0.1, -0.05) is 5.87 Å². The Morgan fingerprint density at radius 3 is 2.71 bits per heavy atom. The first-order valence-corrected chi connectivity index (χ1v) is 8.78. The largest absolute Gasteiger partial charge is 0.477 e. The maximum Gasteiger partial charge on any atom is 0.221 e. The lowest BCUT2D eigenvalue weighted by atomic mass is 10.1. The SMILES string of the molecule is C=S(C)c1nc2c(c(S(C)(=O)=O)n1)CCCO2. The highest BCUT2D eigenvalue weighted by atomic mass is 32.2. The van der Waals surface area contributed by atoms with Gasteiger partial charge in [0.1, 0.15) is 0 Å². The van der Waals surface area contributed by atoms with Gasteiger partial charge in [-0.2, -0.15) is 4.98 Å². The molecule has 2 heterocycles. The Bertz CT molecular complexity index is 581. The Balaban J connectivity index is 2.71. The summed E-state index contributed by atoms with van der Waals surface area (Å²) in [5, 5.41) is 0.534. The number of hydrogen-bond donors (Lipinski definition) is 0. The van der Waals surface area contributed by atoms with E-state index in [0.29, 0.717) is 29.6 Å². The van der Waals surface area contributed by atoms with Crippen LogP contribution >= 0.6 is 10.5 Å². The summed E-state index contributed by atoms with van der Waals surface area (Å²) < 4.78 is 28.8. The summed E-state index contributed by atoms with van der Waals surface area (Å²) in [7, 11) is -3.79. The predicted octanol–water partition coefficient (Wildman–Crippen LogP) is 0.895. The third-order valence-electron chi connectivity index (χ3n) is 2.38. The minimum Gasteiger partial charge on any atom is -0.477 e. The minimum atomic E-state index is -3.35. The maximum atomic E-state index is 11.7. The summed E-state index contributed by atoms with van der Waals surface area (Å²) in [6, 6.07) is 0. The molecule has 1 aromatic rings. The molecule has 1 unspecified atom stereocenters. The van der Waals surface area contributed by atoms with Crippen molar-refractivity contribution in [3.05, 3.63) is 5.56 Å². The highest BCUT2D eigenvalue weighted by Gasteiger charge is 2.24. The van der Waals surface area contributed by atoms with Gasteiger partial charge in [0.15, 0.2) is 20.0 Å². The molecule has 0 spiro atoms. The van der Waals surface area contributed by atoms with E-state index in [2.05, 4.69) is 15.8 Å². The first-order chi connectivity index (χ1) is 7.89. The monoisotopic (exact) mass is 274 g/mol. The molecular weight excluding hydrogens is 260 g/mol. The maximum absolute atomic E-state index is 11.7. The Morgan fingerprint density at radius 1 is 1.41 bits per heavy atom. The van der Waals surface area contributed by atoms with Crippen LogP contribution in [-0.4, -0.2) is 43.4 Å². The predicted molar refractivity (Wildman–Crippen MR) is 67.9 cm³/mol. The van der Waals surface area contributed by atoms with Crippen LogP contribution in [0.2, 0.25) is 0 Å². The highest BCUT2D eigenvalue weighted by Crippen LogP contribution is 2.30. The molecule has 1 aliphatic heterocycles. The summed E-state index contributed by atoms with van der Waals surface area (Å²) in [6.45, 7) is 0.571. The van der Waals surface area contributed by atoms with E-state index in [4.69, 9.17) is 4.74 Å². The summed E-state index contributed by atoms with van der Waals surface area (Å²) in [5.41, 5.74) is 0.605. The third kappa shape index (κ3) is 2.50. The Labute approximate surface area is 103 Å². The van der Waals surface area contributed by atoms with E-state index in [1.54, 1.807) is 0 Å². The Kier molecular flexibility index (Phi) is 3.22. The van der Waals surface area contributed by atoms with E-state index in [1.165, 1.54) is 0 Å². The molecule has 1 aliphatic rings. The normalized spacial score (nSPS) is 17.1. The number of ether oxygens (including phenoxy) is 1. The molecule has 0 saturated carbocycles. The highest BCUT2D eigenvalue weighted by molar-refractivity contribution is 8.13. The van der Waals surface area contributed by atoms with E-state index < -0.39 is 20.3 Å². The van der Waals surface area contributed by atoms with Crippen LogP contribution in [0.25, 0.3) is 0 Å². The van der Waals surface area contributed by atoms with Crippen LogP contribution in [0.1, 0.15) is 12.0 Å². The molecule has 0 fully saturated rings. The van der Waals surface area contributed by atoms with Gasteiger partial charge in [-0.15, -0.1) is 10.5 Å². The topological polar surface area (TPSA) is 69.2 Å². The lowest BCUT2D eigenvalue weighted by Crippen LogP contribution is -2.16. The second kappa shape index (κ2) is 4.38. The number of hydrogen-bond acceptors (Lipinski definition) is 5. The zero-order valence-electron chi connectivity index (χ0n) is 9.76. The second-order valence-electron chi connectivity index (χ2n) is 3.96. The van der Waals surface area contributed by atoms with Gasteiger partial charge in [0, 0.05) is 6.26 Å². The van der Waals surface area contributed by atoms with Gasteiger partial charge in [-0.25, -0.2) is 13.4 Å². The van der Waals surface area contributed by atoms with E-state index in [1.807, 2.05) is 6.26 Å². The van der Waals surface area contributed by atoms with Gasteiger partial charge >= 0.3 is 0 Å². The van der Waals surface area contributed by atoms with Gasteiger partial charge in [0.2, 0.25) is 5.88 Å². The second-order valence-corrected chi connectivity index (χ2v) is 7.53. The molecule has 1 atom stereocenters. The number of sulfone groups is 1. The number of fused-ring (bicyclic) bond motifs is 1. The molecule has 0 bridgehead atoms. The molecule has 0 radical (unpaired) electrons. The van der Waals surface area contributed by atoms with Crippen molar-refractivity contribution in [2.75, 3.05) is 19.1 Å². The molecule has 0 aliphatic carbocycles. The van der Waals surface area contributed by atoms with Crippen LogP contribution in [0.5, 0.6) is 5.88 Å². The average Bonchev–Trinajstić information content (AvgIpc) is 2.26. The minimum absolute atomic E-state index is 0.0974. The Morgan fingerprint density at radius 2 is 2.12 bits per heavy atom. The van der Waals surface area contributed by atoms with Crippen LogP contribution in [0.4, 0.5) is 0 Å². The number of nitrogens with zero attached hydrogens (tertiary/aromatic N) is 2. The number of rotatable bonds is 2. The smallest absolute Gasteiger partial charge is 0.221 e. The van der Waals surface area contributed by atoms with E-state index in [0.717, 1.165) is 12.7 Å². The van der Waals surface area contributed by atoms with Gasteiger partial charge in [0.25, 0.3) is 0 Å². The van der Waals surface area contributed by atoms with Gasteiger partial charge < -0.3 is 4.74 Å². The molecule has 94 valence electrons. The fraction of sp³-hybridized carbons (Fsp3) is 0.500. The van der Waals surface area contributed by atoms with Crippen LogP contribution in [0.3, 0.4) is 0 Å². The first-order valence-electron chi connectivity index (χ1n) is 5.09. The van der Waals surface area contributed by atoms with Crippen molar-refractivity contribution < 1.29 is 13.2 Å². The van der Waals surface area contributed by atoms with E-state index in [9.17, 15) is 8.42 Å². The molecule has 2 rings (SSSR count). The molecular formula is C10H14N2O3S2. The zero-order valence-corrected chi connectivity index (χ0v) is 11.4. The van der Waals surface area contributed by atoms with Crippen molar-refractivity contribution in [2.24, 2.45) is 0 Å². The lowest BCUT2D eigenvalue weighted by Gasteiger charge is -2.18. The summed E-state index contributed by atoms with van der Waals surface area (Å²) >= 11 is 0. The van der Waals surface area contributed by atoms with Gasteiger partial charge in [-0.3, -0.25) is 0 Å². The van der Waals surface area contributed by atoms with Gasteiger partial charge in [-0.05, 0) is 19.1 Å². The summed E-state index contributed by atoms with van der Waals surface area (Å²) in [5.74, 6) is 4.24. The molecule has 1 aromatic heterocycles. The van der Waals surface area contributed by atoms with Crippen LogP contribution < -0.4 is 4.74 Å². The lowest BCUT2D eigenvalue weighted by molar-refractivity contribution is 0.268. The van der Waals surface area contributed by atoms with Gasteiger partial charge in [0.05, 0.1) is 12.2 Å². The molecule has 7 heteroatoms. The quantitative estimate of drug-likeness (QED) is 0.455. The van der Waals surface area contributed by atoms with Crippen molar-refractivity contribution in [3.8, 4) is 5.88 Å². The average molecular weight is 274 g/mol. The molecule has 0 N–H and O–H groups in total. The standard InChI is InChI=1S/C10H14N2O3S2/c1-16(2)10-11-8-7(5-4-6-15-8)9(12-10)17(3,13)14/h1,4-6H2,2-3H3. The molecule has 5 nitrogen and oxygen atoms in total. The van der Waals surface area contributed by atoms with Crippen LogP contribution in [-0.2, 0) is 16.3 Å². The summed E-state index contributed by atoms with van der Waals surface area (Å²) in [4.78, 5) is 8.37. The van der Waals surface area contributed by atoms with Crippen LogP contribution in [0.15, 0.2) is 10.2 Å². The fourth-order valence-corrected chi connectivity index (χ4v) is 3.07. The van der Waals surface area contributed by atoms with Crippen molar-refractivity contribution >= 4 is 26.2 Å². The van der Waals surface area contributed by atoms with E-state index in [-0.39, 0.29) is 5.03 Å². The zero-order chi connectivity index (χ0) is 12.6. The van der Waals surface area contributed by atoms with E-state index >= 15 is 0 Å². The molecule has 0 saturated heterocycles. The first kappa shape index (κ1) is 12.5. The van der Waals surface area contributed by atoms with Crippen molar-refractivity contribution in [1.82, 2.24) is 9.97 Å². The third-order valence-corrected chi connectivity index (χ3v) is 4.23. The number of aromatic nitrogens is 2.